The molecule has 0 bridgehead atoms. The second-order valence-corrected chi connectivity index (χ2v) is 4.16. The highest BCUT2D eigenvalue weighted by Gasteiger charge is 1.97. The first kappa shape index (κ1) is 8.78. The van der Waals surface area contributed by atoms with Gasteiger partial charge in [0.05, 0.1) is 5.02 Å². The summed E-state index contributed by atoms with van der Waals surface area (Å²) >= 11 is 13.2. The van der Waals surface area contributed by atoms with Gasteiger partial charge in [-0.1, -0.05) is 38.3 Å². The van der Waals surface area contributed by atoms with Crippen molar-refractivity contribution in [3.63, 3.8) is 0 Å². The lowest BCUT2D eigenvalue weighted by atomic mass is 10.4. The number of rotatable bonds is 1. The van der Waals surface area contributed by atoms with Crippen LogP contribution in [-0.2, 0) is 0 Å². The van der Waals surface area contributed by atoms with Crippen molar-refractivity contribution in [2.24, 2.45) is 0 Å². The van der Waals surface area contributed by atoms with E-state index in [-0.39, 0.29) is 0 Å². The SMILES string of the molecule is SSc1cc(Br)ccc1Cl. The predicted octanol–water partition coefficient (Wildman–Crippen LogP) is 4.04. The average molecular weight is 256 g/mol. The monoisotopic (exact) mass is 254 g/mol. The Labute approximate surface area is 82.3 Å². The van der Waals surface area contributed by atoms with Crippen LogP contribution in [0.25, 0.3) is 0 Å². The highest BCUT2D eigenvalue weighted by Crippen LogP contribution is 2.31. The summed E-state index contributed by atoms with van der Waals surface area (Å²) in [5, 5.41) is 0.739. The summed E-state index contributed by atoms with van der Waals surface area (Å²) in [6.45, 7) is 0. The van der Waals surface area contributed by atoms with Crippen molar-refractivity contribution in [1.29, 1.82) is 0 Å². The Morgan fingerprint density at radius 2 is 2.20 bits per heavy atom. The molecule has 0 N–H and O–H groups in total. The second-order valence-electron chi connectivity index (χ2n) is 1.67. The van der Waals surface area contributed by atoms with E-state index in [1.807, 2.05) is 18.2 Å². The molecule has 0 fully saturated rings. The van der Waals surface area contributed by atoms with Gasteiger partial charge in [-0.15, -0.1) is 11.7 Å². The Balaban J connectivity index is 3.09. The number of hydrogen-bond acceptors (Lipinski definition) is 2. The van der Waals surface area contributed by atoms with E-state index in [1.54, 1.807) is 0 Å². The Hall–Kier alpha value is 0.690. The van der Waals surface area contributed by atoms with Gasteiger partial charge in [0.2, 0.25) is 0 Å². The van der Waals surface area contributed by atoms with E-state index >= 15 is 0 Å². The van der Waals surface area contributed by atoms with Crippen LogP contribution in [0.3, 0.4) is 0 Å². The Kier molecular flexibility index (Phi) is 3.43. The summed E-state index contributed by atoms with van der Waals surface area (Å²) in [6.07, 6.45) is 0. The van der Waals surface area contributed by atoms with Crippen molar-refractivity contribution < 1.29 is 0 Å². The predicted molar refractivity (Wildman–Crippen MR) is 54.0 cm³/mol. The Bertz CT molecular complexity index is 239. The third-order valence-electron chi connectivity index (χ3n) is 0.992. The van der Waals surface area contributed by atoms with Gasteiger partial charge in [0.1, 0.15) is 0 Å². The smallest absolute Gasteiger partial charge is 0.0551 e. The minimum absolute atomic E-state index is 0.739. The molecule has 0 aliphatic heterocycles. The van der Waals surface area contributed by atoms with E-state index in [1.165, 1.54) is 10.8 Å². The summed E-state index contributed by atoms with van der Waals surface area (Å²) in [7, 11) is 1.34. The van der Waals surface area contributed by atoms with Crippen molar-refractivity contribution in [3.05, 3.63) is 27.7 Å². The number of halogens is 2. The Morgan fingerprint density at radius 1 is 1.50 bits per heavy atom. The fourth-order valence-electron chi connectivity index (χ4n) is 0.547. The standard InChI is InChI=1S/C6H4BrClS2/c7-4-1-2-5(8)6(3-4)10-9/h1-3,9H. The molecule has 0 aliphatic rings. The summed E-state index contributed by atoms with van der Waals surface area (Å²) in [5.41, 5.74) is 0. The van der Waals surface area contributed by atoms with E-state index in [9.17, 15) is 0 Å². The summed E-state index contributed by atoms with van der Waals surface area (Å²) in [5.74, 6) is 0. The molecule has 4 heteroatoms. The zero-order valence-corrected chi connectivity index (χ0v) is 8.90. The van der Waals surface area contributed by atoms with Gasteiger partial charge in [-0.05, 0) is 18.2 Å². The van der Waals surface area contributed by atoms with Gasteiger partial charge in [-0.3, -0.25) is 0 Å². The van der Waals surface area contributed by atoms with Gasteiger partial charge >= 0.3 is 0 Å². The molecule has 1 rings (SSSR count). The third-order valence-corrected chi connectivity index (χ3v) is 3.05. The molecule has 10 heavy (non-hydrogen) atoms. The molecule has 0 spiro atoms. The molecule has 1 aromatic carbocycles. The van der Waals surface area contributed by atoms with Crippen LogP contribution in [0.5, 0.6) is 0 Å². The zero-order valence-electron chi connectivity index (χ0n) is 4.84. The normalized spacial score (nSPS) is 9.90. The molecular weight excluding hydrogens is 252 g/mol. The topological polar surface area (TPSA) is 0 Å². The maximum atomic E-state index is 5.81. The number of benzene rings is 1. The molecule has 0 heterocycles. The molecule has 54 valence electrons. The number of hydrogen-bond donors (Lipinski definition) is 1. The molecular formula is C6H4BrClS2. The van der Waals surface area contributed by atoms with E-state index in [4.69, 9.17) is 11.6 Å². The van der Waals surface area contributed by atoms with Crippen LogP contribution in [0.1, 0.15) is 0 Å². The third kappa shape index (κ3) is 2.09. The minimum atomic E-state index is 0.739. The molecule has 0 saturated carbocycles. The second kappa shape index (κ2) is 3.90. The van der Waals surface area contributed by atoms with Crippen molar-refractivity contribution in [1.82, 2.24) is 0 Å². The molecule has 0 aromatic heterocycles. The van der Waals surface area contributed by atoms with Gasteiger partial charge in [-0.25, -0.2) is 0 Å². The van der Waals surface area contributed by atoms with Crippen LogP contribution in [0.15, 0.2) is 27.6 Å². The van der Waals surface area contributed by atoms with E-state index in [0.717, 1.165) is 14.4 Å². The van der Waals surface area contributed by atoms with Crippen LogP contribution in [0.2, 0.25) is 5.02 Å². The van der Waals surface area contributed by atoms with Crippen molar-refractivity contribution in [2.75, 3.05) is 0 Å². The minimum Gasteiger partial charge on any atom is -0.106 e. The van der Waals surface area contributed by atoms with Crippen molar-refractivity contribution >= 4 is 50.0 Å². The van der Waals surface area contributed by atoms with Crippen LogP contribution >= 0.6 is 50.0 Å². The molecule has 0 unspecified atom stereocenters. The maximum Gasteiger partial charge on any atom is 0.0551 e. The summed E-state index contributed by atoms with van der Waals surface area (Å²) in [6, 6.07) is 5.67. The fraction of sp³-hybridized carbons (Fsp3) is 0. The lowest BCUT2D eigenvalue weighted by Crippen LogP contribution is -1.70. The molecule has 0 amide bonds. The molecule has 0 radical (unpaired) electrons. The quantitative estimate of drug-likeness (QED) is 0.584. The molecule has 0 atom stereocenters. The molecule has 0 aliphatic carbocycles. The number of thiol groups is 1. The van der Waals surface area contributed by atoms with Gasteiger partial charge in [-0.2, -0.15) is 0 Å². The molecule has 0 saturated heterocycles. The lowest BCUT2D eigenvalue weighted by molar-refractivity contribution is 1.45. The van der Waals surface area contributed by atoms with Crippen molar-refractivity contribution in [2.45, 2.75) is 4.90 Å². The first-order valence-electron chi connectivity index (χ1n) is 2.50. The first-order chi connectivity index (χ1) is 4.74. The fourth-order valence-corrected chi connectivity index (χ4v) is 2.24. The van der Waals surface area contributed by atoms with Gasteiger partial charge < -0.3 is 0 Å². The van der Waals surface area contributed by atoms with Crippen LogP contribution in [0.4, 0.5) is 0 Å². The zero-order chi connectivity index (χ0) is 7.56. The molecule has 0 nitrogen and oxygen atoms in total. The largest absolute Gasteiger partial charge is 0.106 e. The van der Waals surface area contributed by atoms with Gasteiger partial charge in [0, 0.05) is 9.37 Å². The van der Waals surface area contributed by atoms with Crippen LogP contribution in [0, 0.1) is 0 Å². The maximum absolute atomic E-state index is 5.81. The highest BCUT2D eigenvalue weighted by atomic mass is 79.9. The van der Waals surface area contributed by atoms with Gasteiger partial charge in [0.15, 0.2) is 0 Å². The van der Waals surface area contributed by atoms with E-state index < -0.39 is 0 Å². The van der Waals surface area contributed by atoms with Crippen LogP contribution < -0.4 is 0 Å². The molecule has 1 aromatic rings. The Morgan fingerprint density at radius 3 is 2.70 bits per heavy atom. The van der Waals surface area contributed by atoms with E-state index in [2.05, 4.69) is 27.6 Å². The lowest BCUT2D eigenvalue weighted by Gasteiger charge is -1.98. The van der Waals surface area contributed by atoms with E-state index in [0.29, 0.717) is 0 Å². The van der Waals surface area contributed by atoms with Gasteiger partial charge in [0.25, 0.3) is 0 Å². The van der Waals surface area contributed by atoms with Crippen LogP contribution in [-0.4, -0.2) is 0 Å². The highest BCUT2D eigenvalue weighted by molar-refractivity contribution is 9.10. The summed E-state index contributed by atoms with van der Waals surface area (Å²) in [4.78, 5) is 0.972. The summed E-state index contributed by atoms with van der Waals surface area (Å²) < 4.78 is 1.02. The average Bonchev–Trinajstić information content (AvgIpc) is 1.94. The van der Waals surface area contributed by atoms with Crippen molar-refractivity contribution in [3.8, 4) is 0 Å². The first-order valence-corrected chi connectivity index (χ1v) is 5.54.